The van der Waals surface area contributed by atoms with Crippen molar-refractivity contribution >= 4 is 0 Å². The first kappa shape index (κ1) is 13.9. The molecule has 0 heterocycles. The van der Waals surface area contributed by atoms with E-state index in [1.807, 2.05) is 0 Å². The second-order valence-electron chi connectivity index (χ2n) is 4.54. The Hall–Kier alpha value is -0.120. The Kier molecular flexibility index (Phi) is 7.15. The van der Waals surface area contributed by atoms with E-state index in [9.17, 15) is 0 Å². The summed E-state index contributed by atoms with van der Waals surface area (Å²) >= 11 is 0. The van der Waals surface area contributed by atoms with Crippen molar-refractivity contribution in [2.75, 3.05) is 40.3 Å². The molecule has 0 aromatic heterocycles. The highest BCUT2D eigenvalue weighted by Gasteiger charge is 2.14. The van der Waals surface area contributed by atoms with Crippen LogP contribution in [0.2, 0.25) is 0 Å². The van der Waals surface area contributed by atoms with Gasteiger partial charge in [0, 0.05) is 19.1 Å². The van der Waals surface area contributed by atoms with Gasteiger partial charge in [-0.2, -0.15) is 0 Å². The molecule has 14 heavy (non-hydrogen) atoms. The van der Waals surface area contributed by atoms with E-state index >= 15 is 0 Å². The molecule has 0 amide bonds. The van der Waals surface area contributed by atoms with E-state index in [4.69, 9.17) is 5.73 Å². The maximum atomic E-state index is 5.64. The van der Waals surface area contributed by atoms with Crippen molar-refractivity contribution in [1.82, 2.24) is 9.80 Å². The topological polar surface area (TPSA) is 32.5 Å². The van der Waals surface area contributed by atoms with Gasteiger partial charge < -0.3 is 10.6 Å². The number of nitrogens with zero attached hydrogens (tertiary/aromatic N) is 2. The van der Waals surface area contributed by atoms with Crippen LogP contribution in [0.4, 0.5) is 0 Å². The Bertz CT molecular complexity index is 136. The molecule has 3 heteroatoms. The van der Waals surface area contributed by atoms with Crippen LogP contribution in [0, 0.1) is 5.92 Å². The third-order valence-corrected chi connectivity index (χ3v) is 2.61. The maximum absolute atomic E-state index is 5.64. The van der Waals surface area contributed by atoms with E-state index in [1.165, 1.54) is 0 Å². The van der Waals surface area contributed by atoms with Crippen LogP contribution in [0.5, 0.6) is 0 Å². The number of hydrogen-bond donors (Lipinski definition) is 1. The molecule has 86 valence electrons. The lowest BCUT2D eigenvalue weighted by Crippen LogP contribution is -2.43. The minimum atomic E-state index is 0.597. The first-order chi connectivity index (χ1) is 6.51. The summed E-state index contributed by atoms with van der Waals surface area (Å²) in [4.78, 5) is 4.73. The van der Waals surface area contributed by atoms with Gasteiger partial charge in [0.05, 0.1) is 0 Å². The predicted molar refractivity (Wildman–Crippen MR) is 63.5 cm³/mol. The third kappa shape index (κ3) is 5.58. The second-order valence-corrected chi connectivity index (χ2v) is 4.54. The van der Waals surface area contributed by atoms with Gasteiger partial charge in [0.25, 0.3) is 0 Å². The zero-order valence-corrected chi connectivity index (χ0v) is 10.5. The quantitative estimate of drug-likeness (QED) is 0.663. The summed E-state index contributed by atoms with van der Waals surface area (Å²) in [6, 6.07) is 0.615. The van der Waals surface area contributed by atoms with E-state index in [0.717, 1.165) is 26.2 Å². The molecule has 0 aromatic carbocycles. The van der Waals surface area contributed by atoms with Crippen LogP contribution in [0.3, 0.4) is 0 Å². The minimum Gasteiger partial charge on any atom is -0.330 e. The lowest BCUT2D eigenvalue weighted by Gasteiger charge is -2.31. The van der Waals surface area contributed by atoms with Crippen molar-refractivity contribution in [2.24, 2.45) is 11.7 Å². The number of nitrogens with two attached hydrogens (primary N) is 1. The number of rotatable bonds is 7. The smallest absolute Gasteiger partial charge is 0.0194 e. The molecule has 0 radical (unpaired) electrons. The van der Waals surface area contributed by atoms with Gasteiger partial charge in [-0.3, -0.25) is 4.90 Å². The molecule has 0 bridgehead atoms. The van der Waals surface area contributed by atoms with Crippen LogP contribution < -0.4 is 5.73 Å². The molecule has 3 nitrogen and oxygen atoms in total. The molecule has 0 rings (SSSR count). The highest BCUT2D eigenvalue weighted by molar-refractivity contribution is 4.70. The minimum absolute atomic E-state index is 0.597. The van der Waals surface area contributed by atoms with Gasteiger partial charge in [-0.1, -0.05) is 13.8 Å². The third-order valence-electron chi connectivity index (χ3n) is 2.61. The molecule has 0 aliphatic heterocycles. The predicted octanol–water partition coefficient (Wildman–Crippen LogP) is 0.853. The van der Waals surface area contributed by atoms with E-state index in [1.54, 1.807) is 0 Å². The largest absolute Gasteiger partial charge is 0.330 e. The van der Waals surface area contributed by atoms with E-state index < -0.39 is 0 Å². The van der Waals surface area contributed by atoms with Gasteiger partial charge >= 0.3 is 0 Å². The molecule has 0 aromatic rings. The highest BCUT2D eigenvalue weighted by Crippen LogP contribution is 2.04. The number of hydrogen-bond acceptors (Lipinski definition) is 3. The molecule has 0 aliphatic rings. The fourth-order valence-electron chi connectivity index (χ4n) is 1.74. The molecule has 0 saturated heterocycles. The van der Waals surface area contributed by atoms with Crippen LogP contribution in [-0.4, -0.2) is 56.1 Å². The standard InChI is InChI=1S/C11H27N3/c1-6-14(8-10(2)7-12)11(3)9-13(4)5/h10-11H,6-9,12H2,1-5H3. The van der Waals surface area contributed by atoms with Crippen molar-refractivity contribution in [3.63, 3.8) is 0 Å². The zero-order chi connectivity index (χ0) is 11.1. The molecule has 2 N–H and O–H groups in total. The van der Waals surface area contributed by atoms with Gasteiger partial charge in [0.2, 0.25) is 0 Å². The van der Waals surface area contributed by atoms with Crippen molar-refractivity contribution in [3.05, 3.63) is 0 Å². The monoisotopic (exact) mass is 201 g/mol. The zero-order valence-electron chi connectivity index (χ0n) is 10.5. The first-order valence-corrected chi connectivity index (χ1v) is 5.60. The lowest BCUT2D eigenvalue weighted by molar-refractivity contribution is 0.162. The Morgan fingerprint density at radius 1 is 1.14 bits per heavy atom. The molecule has 0 aliphatic carbocycles. The average molecular weight is 201 g/mol. The Morgan fingerprint density at radius 2 is 1.71 bits per heavy atom. The molecule has 0 spiro atoms. The normalized spacial score (nSPS) is 16.3. The van der Waals surface area contributed by atoms with Crippen molar-refractivity contribution in [1.29, 1.82) is 0 Å². The molecular formula is C11H27N3. The van der Waals surface area contributed by atoms with E-state index in [2.05, 4.69) is 44.7 Å². The van der Waals surface area contributed by atoms with Crippen LogP contribution in [0.1, 0.15) is 20.8 Å². The summed E-state index contributed by atoms with van der Waals surface area (Å²) < 4.78 is 0. The van der Waals surface area contributed by atoms with Gasteiger partial charge in [0.15, 0.2) is 0 Å². The van der Waals surface area contributed by atoms with Crippen LogP contribution in [-0.2, 0) is 0 Å². The summed E-state index contributed by atoms with van der Waals surface area (Å²) in [6.45, 7) is 10.8. The van der Waals surface area contributed by atoms with E-state index in [0.29, 0.717) is 12.0 Å². The first-order valence-electron chi connectivity index (χ1n) is 5.60. The SMILES string of the molecule is CCN(CC(C)CN)C(C)CN(C)C. The molecule has 2 unspecified atom stereocenters. The van der Waals surface area contributed by atoms with Crippen LogP contribution in [0.25, 0.3) is 0 Å². The summed E-state index contributed by atoms with van der Waals surface area (Å²) in [5.74, 6) is 0.597. The van der Waals surface area contributed by atoms with Crippen molar-refractivity contribution in [3.8, 4) is 0 Å². The summed E-state index contributed by atoms with van der Waals surface area (Å²) in [6.07, 6.45) is 0. The Morgan fingerprint density at radius 3 is 2.07 bits per heavy atom. The fraction of sp³-hybridized carbons (Fsp3) is 1.00. The van der Waals surface area contributed by atoms with Gasteiger partial charge in [-0.15, -0.1) is 0 Å². The number of likely N-dealkylation sites (N-methyl/N-ethyl adjacent to an activating group) is 2. The Balaban J connectivity index is 3.98. The van der Waals surface area contributed by atoms with Crippen molar-refractivity contribution in [2.45, 2.75) is 26.8 Å². The maximum Gasteiger partial charge on any atom is 0.0194 e. The average Bonchev–Trinajstić information content (AvgIpc) is 2.12. The fourth-order valence-corrected chi connectivity index (χ4v) is 1.74. The summed E-state index contributed by atoms with van der Waals surface area (Å²) in [7, 11) is 4.24. The highest BCUT2D eigenvalue weighted by atomic mass is 15.2. The summed E-state index contributed by atoms with van der Waals surface area (Å²) in [5.41, 5.74) is 5.64. The van der Waals surface area contributed by atoms with Crippen LogP contribution in [0.15, 0.2) is 0 Å². The van der Waals surface area contributed by atoms with Crippen molar-refractivity contribution < 1.29 is 0 Å². The Labute approximate surface area is 89.2 Å². The van der Waals surface area contributed by atoms with Gasteiger partial charge in [-0.25, -0.2) is 0 Å². The lowest BCUT2D eigenvalue weighted by atomic mass is 10.1. The van der Waals surface area contributed by atoms with Crippen LogP contribution >= 0.6 is 0 Å². The van der Waals surface area contributed by atoms with Gasteiger partial charge in [-0.05, 0) is 40.0 Å². The second kappa shape index (κ2) is 7.21. The molecular weight excluding hydrogens is 174 g/mol. The molecule has 0 saturated carbocycles. The van der Waals surface area contributed by atoms with Gasteiger partial charge in [0.1, 0.15) is 0 Å². The van der Waals surface area contributed by atoms with E-state index in [-0.39, 0.29) is 0 Å². The molecule has 2 atom stereocenters. The summed E-state index contributed by atoms with van der Waals surface area (Å²) in [5, 5.41) is 0. The molecule has 0 fully saturated rings.